The molecule has 0 amide bonds. The molecule has 25 heavy (non-hydrogen) atoms. The van der Waals surface area contributed by atoms with Crippen molar-refractivity contribution in [2.24, 2.45) is 0 Å². The van der Waals surface area contributed by atoms with Crippen molar-refractivity contribution in [1.29, 1.82) is 10.5 Å². The maximum Gasteiger partial charge on any atom is 0.243 e. The van der Waals surface area contributed by atoms with Gasteiger partial charge in [-0.2, -0.15) is 14.8 Å². The van der Waals surface area contributed by atoms with Crippen LogP contribution in [0.15, 0.2) is 60.0 Å². The van der Waals surface area contributed by atoms with E-state index in [2.05, 4.69) is 6.58 Å². The summed E-state index contributed by atoms with van der Waals surface area (Å²) in [4.78, 5) is -0.177. The molecule has 0 N–H and O–H groups in total. The molecule has 0 atom stereocenters. The topological polar surface area (TPSA) is 85.0 Å². The minimum absolute atomic E-state index is 0.0170. The number of rotatable bonds is 6. The van der Waals surface area contributed by atoms with Gasteiger partial charge in [0, 0.05) is 13.1 Å². The second kappa shape index (κ2) is 7.71. The van der Waals surface area contributed by atoms with E-state index < -0.39 is 15.8 Å². The third-order valence-corrected chi connectivity index (χ3v) is 5.25. The molecule has 0 bridgehead atoms. The molecule has 0 unspecified atom stereocenters. The SMILES string of the molecule is C=CCN(Cc1cccc(C#N)c1)S(=O)(=O)c1ccc(F)c(C#N)c1. The van der Waals surface area contributed by atoms with E-state index in [9.17, 15) is 12.8 Å². The van der Waals surface area contributed by atoms with Crippen LogP contribution in [0.4, 0.5) is 4.39 Å². The van der Waals surface area contributed by atoms with Crippen LogP contribution in [0.2, 0.25) is 0 Å². The smallest absolute Gasteiger partial charge is 0.207 e. The second-order valence-electron chi connectivity index (χ2n) is 5.15. The molecule has 2 aromatic rings. The summed E-state index contributed by atoms with van der Waals surface area (Å²) in [6.07, 6.45) is 1.43. The molecule has 0 aliphatic heterocycles. The Hall–Kier alpha value is -3.00. The van der Waals surface area contributed by atoms with E-state index in [1.165, 1.54) is 6.08 Å². The van der Waals surface area contributed by atoms with E-state index in [1.54, 1.807) is 30.3 Å². The number of halogens is 1. The number of nitrogens with zero attached hydrogens (tertiary/aromatic N) is 3. The van der Waals surface area contributed by atoms with Crippen molar-refractivity contribution in [2.75, 3.05) is 6.54 Å². The zero-order chi connectivity index (χ0) is 18.4. The Bertz CT molecular complexity index is 988. The Kier molecular flexibility index (Phi) is 5.66. The van der Waals surface area contributed by atoms with Crippen LogP contribution >= 0.6 is 0 Å². The van der Waals surface area contributed by atoms with Crippen molar-refractivity contribution in [2.45, 2.75) is 11.4 Å². The fourth-order valence-corrected chi connectivity index (χ4v) is 3.66. The average molecular weight is 355 g/mol. The summed E-state index contributed by atoms with van der Waals surface area (Å²) >= 11 is 0. The third-order valence-electron chi connectivity index (χ3n) is 3.44. The zero-order valence-electron chi connectivity index (χ0n) is 13.2. The minimum Gasteiger partial charge on any atom is -0.207 e. The molecule has 0 saturated carbocycles. The van der Waals surface area contributed by atoms with E-state index >= 15 is 0 Å². The van der Waals surface area contributed by atoms with Crippen LogP contribution < -0.4 is 0 Å². The van der Waals surface area contributed by atoms with Crippen molar-refractivity contribution in [3.63, 3.8) is 0 Å². The maximum atomic E-state index is 13.5. The molecule has 0 spiro atoms. The van der Waals surface area contributed by atoms with Crippen LogP contribution in [0.1, 0.15) is 16.7 Å². The quantitative estimate of drug-likeness (QED) is 0.746. The van der Waals surface area contributed by atoms with Gasteiger partial charge < -0.3 is 0 Å². The maximum absolute atomic E-state index is 13.5. The zero-order valence-corrected chi connectivity index (χ0v) is 14.0. The van der Waals surface area contributed by atoms with Gasteiger partial charge in [0.2, 0.25) is 10.0 Å². The number of hydrogen-bond donors (Lipinski definition) is 0. The van der Waals surface area contributed by atoms with Gasteiger partial charge in [0.25, 0.3) is 0 Å². The Morgan fingerprint density at radius 1 is 1.16 bits per heavy atom. The molecule has 0 fully saturated rings. The summed E-state index contributed by atoms with van der Waals surface area (Å²) in [6, 6.07) is 13.3. The standard InChI is InChI=1S/C18H14FN3O2S/c1-2-8-22(13-15-5-3-4-14(9-15)11-20)25(23,24)17-6-7-18(19)16(10-17)12-21/h2-7,9-10H,1,8,13H2. The number of sulfonamides is 1. The van der Waals surface area contributed by atoms with Crippen molar-refractivity contribution >= 4 is 10.0 Å². The highest BCUT2D eigenvalue weighted by molar-refractivity contribution is 7.89. The van der Waals surface area contributed by atoms with E-state index in [-0.39, 0.29) is 23.5 Å². The Labute approximate surface area is 145 Å². The first-order valence-electron chi connectivity index (χ1n) is 7.22. The molecule has 7 heteroatoms. The molecule has 0 radical (unpaired) electrons. The largest absolute Gasteiger partial charge is 0.243 e. The van der Waals surface area contributed by atoms with E-state index in [4.69, 9.17) is 10.5 Å². The van der Waals surface area contributed by atoms with Crippen LogP contribution in [0.25, 0.3) is 0 Å². The summed E-state index contributed by atoms with van der Waals surface area (Å²) in [7, 11) is -3.97. The molecule has 0 aromatic heterocycles. The molecule has 126 valence electrons. The lowest BCUT2D eigenvalue weighted by molar-refractivity contribution is 0.438. The minimum atomic E-state index is -3.97. The first-order chi connectivity index (χ1) is 11.9. The van der Waals surface area contributed by atoms with Crippen molar-refractivity contribution in [1.82, 2.24) is 4.31 Å². The van der Waals surface area contributed by atoms with Gasteiger partial charge in [-0.3, -0.25) is 0 Å². The Morgan fingerprint density at radius 3 is 2.56 bits per heavy atom. The first kappa shape index (κ1) is 18.3. The van der Waals surface area contributed by atoms with Crippen LogP contribution in [-0.2, 0) is 16.6 Å². The lowest BCUT2D eigenvalue weighted by Crippen LogP contribution is -2.31. The van der Waals surface area contributed by atoms with E-state index in [1.807, 2.05) is 6.07 Å². The average Bonchev–Trinajstić information content (AvgIpc) is 2.61. The molecular formula is C18H14FN3O2S. The lowest BCUT2D eigenvalue weighted by Gasteiger charge is -2.21. The highest BCUT2D eigenvalue weighted by atomic mass is 32.2. The van der Waals surface area contributed by atoms with Crippen LogP contribution in [0, 0.1) is 28.5 Å². The van der Waals surface area contributed by atoms with Crippen LogP contribution in [0.5, 0.6) is 0 Å². The lowest BCUT2D eigenvalue weighted by atomic mass is 10.1. The van der Waals surface area contributed by atoms with E-state index in [0.717, 1.165) is 22.5 Å². The van der Waals surface area contributed by atoms with Gasteiger partial charge >= 0.3 is 0 Å². The second-order valence-corrected chi connectivity index (χ2v) is 7.09. The Morgan fingerprint density at radius 2 is 1.92 bits per heavy atom. The van der Waals surface area contributed by atoms with Crippen LogP contribution in [-0.4, -0.2) is 19.3 Å². The molecule has 0 heterocycles. The summed E-state index contributed by atoms with van der Waals surface area (Å²) in [5, 5.41) is 17.9. The molecular weight excluding hydrogens is 341 g/mol. The monoisotopic (exact) mass is 355 g/mol. The van der Waals surface area contributed by atoms with E-state index in [0.29, 0.717) is 11.1 Å². The fourth-order valence-electron chi connectivity index (χ4n) is 2.23. The summed E-state index contributed by atoms with van der Waals surface area (Å²) in [5.74, 6) is -0.779. The van der Waals surface area contributed by atoms with Gasteiger partial charge in [-0.15, -0.1) is 6.58 Å². The van der Waals surface area contributed by atoms with Crippen LogP contribution in [0.3, 0.4) is 0 Å². The summed E-state index contributed by atoms with van der Waals surface area (Å²) in [5.41, 5.74) is 0.709. The summed E-state index contributed by atoms with van der Waals surface area (Å²) in [6.45, 7) is 3.60. The van der Waals surface area contributed by atoms with Gasteiger partial charge in [0.15, 0.2) is 0 Å². The highest BCUT2D eigenvalue weighted by Gasteiger charge is 2.25. The van der Waals surface area contributed by atoms with Crippen molar-refractivity contribution < 1.29 is 12.8 Å². The molecule has 0 aliphatic carbocycles. The first-order valence-corrected chi connectivity index (χ1v) is 8.66. The van der Waals surface area contributed by atoms with Crippen molar-refractivity contribution in [3.8, 4) is 12.1 Å². The number of hydrogen-bond acceptors (Lipinski definition) is 4. The van der Waals surface area contributed by atoms with Gasteiger partial charge in [-0.05, 0) is 35.9 Å². The Balaban J connectivity index is 2.43. The normalized spacial score (nSPS) is 10.9. The summed E-state index contributed by atoms with van der Waals surface area (Å²) < 4.78 is 40.3. The highest BCUT2D eigenvalue weighted by Crippen LogP contribution is 2.21. The molecule has 5 nitrogen and oxygen atoms in total. The van der Waals surface area contributed by atoms with Crippen molar-refractivity contribution in [3.05, 3.63) is 77.6 Å². The predicted octanol–water partition coefficient (Wildman–Crippen LogP) is 2.95. The van der Waals surface area contributed by atoms with Gasteiger partial charge in [0.05, 0.1) is 22.1 Å². The van der Waals surface area contributed by atoms with Gasteiger partial charge in [0.1, 0.15) is 11.9 Å². The van der Waals surface area contributed by atoms with Gasteiger partial charge in [-0.25, -0.2) is 12.8 Å². The molecule has 0 saturated heterocycles. The molecule has 2 aromatic carbocycles. The number of nitriles is 2. The molecule has 0 aliphatic rings. The number of benzene rings is 2. The fraction of sp³-hybridized carbons (Fsp3) is 0.111. The van der Waals surface area contributed by atoms with Gasteiger partial charge in [-0.1, -0.05) is 18.2 Å². The predicted molar refractivity (Wildman–Crippen MR) is 90.1 cm³/mol. The third kappa shape index (κ3) is 4.10. The molecule has 2 rings (SSSR count).